The Labute approximate surface area is 135 Å². The Morgan fingerprint density at radius 3 is 2.33 bits per heavy atom. The predicted molar refractivity (Wildman–Crippen MR) is 83.2 cm³/mol. The van der Waals surface area contributed by atoms with Gasteiger partial charge < -0.3 is 10.6 Å². The first kappa shape index (κ1) is 15.8. The number of hydrogen-bond acceptors (Lipinski definition) is 3. The fourth-order valence-corrected chi connectivity index (χ4v) is 2.28. The van der Waals surface area contributed by atoms with Gasteiger partial charge in [-0.25, -0.2) is 9.37 Å². The smallest absolute Gasteiger partial charge is 0.255 e. The number of halogens is 4. The summed E-state index contributed by atoms with van der Waals surface area (Å²) in [4.78, 5) is 16.1. The molecule has 0 bridgehead atoms. The Balaban J connectivity index is 2.28. The SMILES string of the molecule is CNc1cc(C(=O)Nc2cc(Cl)c(F)c(Cl)c2)cc(Cl)n1. The van der Waals surface area contributed by atoms with Crippen molar-refractivity contribution >= 4 is 52.2 Å². The van der Waals surface area contributed by atoms with Crippen LogP contribution in [-0.2, 0) is 0 Å². The van der Waals surface area contributed by atoms with Gasteiger partial charge in [-0.1, -0.05) is 34.8 Å². The normalized spacial score (nSPS) is 10.3. The van der Waals surface area contributed by atoms with Gasteiger partial charge in [0, 0.05) is 18.3 Å². The van der Waals surface area contributed by atoms with Crippen LogP contribution in [0.3, 0.4) is 0 Å². The molecule has 0 unspecified atom stereocenters. The predicted octanol–water partition coefficient (Wildman–Crippen LogP) is 4.47. The Kier molecular flexibility index (Phi) is 4.88. The van der Waals surface area contributed by atoms with Crippen LogP contribution in [-0.4, -0.2) is 17.9 Å². The van der Waals surface area contributed by atoms with Gasteiger partial charge in [0.15, 0.2) is 5.82 Å². The average Bonchev–Trinajstić information content (AvgIpc) is 2.43. The van der Waals surface area contributed by atoms with E-state index >= 15 is 0 Å². The minimum atomic E-state index is -0.735. The zero-order chi connectivity index (χ0) is 15.6. The van der Waals surface area contributed by atoms with Crippen molar-refractivity contribution in [3.8, 4) is 0 Å². The lowest BCUT2D eigenvalue weighted by atomic mass is 10.2. The van der Waals surface area contributed by atoms with Crippen LogP contribution < -0.4 is 10.6 Å². The highest BCUT2D eigenvalue weighted by atomic mass is 35.5. The van der Waals surface area contributed by atoms with E-state index in [0.717, 1.165) is 0 Å². The maximum Gasteiger partial charge on any atom is 0.255 e. The molecule has 0 aliphatic carbocycles. The van der Waals surface area contributed by atoms with Crippen LogP contribution in [0.4, 0.5) is 15.9 Å². The van der Waals surface area contributed by atoms with E-state index in [1.54, 1.807) is 7.05 Å². The molecule has 0 saturated heterocycles. The summed E-state index contributed by atoms with van der Waals surface area (Å²) in [6.07, 6.45) is 0. The number of hydrogen-bond donors (Lipinski definition) is 2. The van der Waals surface area contributed by atoms with Gasteiger partial charge in [0.1, 0.15) is 11.0 Å². The second-order valence-electron chi connectivity index (χ2n) is 4.02. The number of anilines is 2. The van der Waals surface area contributed by atoms with Crippen LogP contribution in [0.25, 0.3) is 0 Å². The maximum absolute atomic E-state index is 13.3. The number of amides is 1. The van der Waals surface area contributed by atoms with E-state index in [9.17, 15) is 9.18 Å². The number of carbonyl (C=O) groups excluding carboxylic acids is 1. The topological polar surface area (TPSA) is 54.0 Å². The second kappa shape index (κ2) is 6.47. The van der Waals surface area contributed by atoms with Gasteiger partial charge in [-0.3, -0.25) is 4.79 Å². The molecule has 1 aromatic heterocycles. The summed E-state index contributed by atoms with van der Waals surface area (Å²) >= 11 is 17.2. The minimum Gasteiger partial charge on any atom is -0.373 e. The summed E-state index contributed by atoms with van der Waals surface area (Å²) in [7, 11) is 1.65. The summed E-state index contributed by atoms with van der Waals surface area (Å²) in [5.74, 6) is -0.738. The zero-order valence-electron chi connectivity index (χ0n) is 10.7. The molecule has 1 heterocycles. The van der Waals surface area contributed by atoms with Crippen molar-refractivity contribution < 1.29 is 9.18 Å². The van der Waals surface area contributed by atoms with Crippen molar-refractivity contribution in [2.75, 3.05) is 17.7 Å². The first-order valence-corrected chi connectivity index (χ1v) is 6.85. The number of aromatic nitrogens is 1. The molecule has 0 atom stereocenters. The molecule has 0 spiro atoms. The van der Waals surface area contributed by atoms with E-state index in [1.807, 2.05) is 0 Å². The van der Waals surface area contributed by atoms with Crippen molar-refractivity contribution in [2.24, 2.45) is 0 Å². The molecule has 8 heteroatoms. The van der Waals surface area contributed by atoms with Crippen LogP contribution >= 0.6 is 34.8 Å². The third kappa shape index (κ3) is 3.75. The minimum absolute atomic E-state index is 0.169. The third-order valence-corrected chi connectivity index (χ3v) is 3.30. The Morgan fingerprint density at radius 2 is 1.76 bits per heavy atom. The fourth-order valence-electron chi connectivity index (χ4n) is 1.59. The molecule has 21 heavy (non-hydrogen) atoms. The van der Waals surface area contributed by atoms with Gasteiger partial charge in [0.2, 0.25) is 0 Å². The lowest BCUT2D eigenvalue weighted by molar-refractivity contribution is 0.102. The first-order chi connectivity index (χ1) is 9.90. The summed E-state index contributed by atoms with van der Waals surface area (Å²) in [5, 5.41) is 5.15. The molecular weight excluding hydrogens is 340 g/mol. The largest absolute Gasteiger partial charge is 0.373 e. The molecule has 0 aliphatic rings. The van der Waals surface area contributed by atoms with Gasteiger partial charge in [-0.15, -0.1) is 0 Å². The van der Waals surface area contributed by atoms with Gasteiger partial charge in [-0.05, 0) is 24.3 Å². The summed E-state index contributed by atoms with van der Waals surface area (Å²) < 4.78 is 13.3. The summed E-state index contributed by atoms with van der Waals surface area (Å²) in [6, 6.07) is 5.46. The molecule has 0 aliphatic heterocycles. The lowest BCUT2D eigenvalue weighted by Gasteiger charge is -2.09. The molecule has 0 fully saturated rings. The molecule has 2 rings (SSSR count). The maximum atomic E-state index is 13.3. The number of rotatable bonds is 3. The van der Waals surface area contributed by atoms with E-state index < -0.39 is 11.7 Å². The van der Waals surface area contributed by atoms with Gasteiger partial charge in [-0.2, -0.15) is 0 Å². The van der Waals surface area contributed by atoms with E-state index in [1.165, 1.54) is 24.3 Å². The number of nitrogens with one attached hydrogen (secondary N) is 2. The third-order valence-electron chi connectivity index (χ3n) is 2.55. The first-order valence-electron chi connectivity index (χ1n) is 5.72. The average molecular weight is 349 g/mol. The van der Waals surface area contributed by atoms with Crippen LogP contribution in [0.1, 0.15) is 10.4 Å². The molecule has 1 aromatic carbocycles. The number of nitrogens with zero attached hydrogens (tertiary/aromatic N) is 1. The molecule has 0 radical (unpaired) electrons. The number of pyridine rings is 1. The van der Waals surface area contributed by atoms with E-state index in [-0.39, 0.29) is 26.4 Å². The Morgan fingerprint density at radius 1 is 1.14 bits per heavy atom. The van der Waals surface area contributed by atoms with Gasteiger partial charge in [0.05, 0.1) is 10.0 Å². The Bertz CT molecular complexity index is 686. The zero-order valence-corrected chi connectivity index (χ0v) is 12.9. The Hall–Kier alpha value is -1.56. The van der Waals surface area contributed by atoms with Gasteiger partial charge in [0.25, 0.3) is 5.91 Å². The van der Waals surface area contributed by atoms with Crippen molar-refractivity contribution in [3.63, 3.8) is 0 Å². The number of benzene rings is 1. The van der Waals surface area contributed by atoms with E-state index in [2.05, 4.69) is 15.6 Å². The monoisotopic (exact) mass is 347 g/mol. The molecule has 1 amide bonds. The van der Waals surface area contributed by atoms with Crippen molar-refractivity contribution in [3.05, 3.63) is 50.8 Å². The van der Waals surface area contributed by atoms with Crippen molar-refractivity contribution in [1.29, 1.82) is 0 Å². The van der Waals surface area contributed by atoms with E-state index in [0.29, 0.717) is 5.82 Å². The number of carbonyl (C=O) groups is 1. The summed E-state index contributed by atoms with van der Waals surface area (Å²) in [6.45, 7) is 0. The molecule has 4 nitrogen and oxygen atoms in total. The van der Waals surface area contributed by atoms with Crippen LogP contribution in [0.15, 0.2) is 24.3 Å². The van der Waals surface area contributed by atoms with Crippen LogP contribution in [0, 0.1) is 5.82 Å². The molecule has 2 aromatic rings. The lowest BCUT2D eigenvalue weighted by Crippen LogP contribution is -2.13. The van der Waals surface area contributed by atoms with Crippen LogP contribution in [0.2, 0.25) is 15.2 Å². The molecule has 0 saturated carbocycles. The second-order valence-corrected chi connectivity index (χ2v) is 5.22. The van der Waals surface area contributed by atoms with Gasteiger partial charge >= 0.3 is 0 Å². The van der Waals surface area contributed by atoms with Crippen LogP contribution in [0.5, 0.6) is 0 Å². The highest BCUT2D eigenvalue weighted by molar-refractivity contribution is 6.35. The molecule has 2 N–H and O–H groups in total. The van der Waals surface area contributed by atoms with Crippen molar-refractivity contribution in [1.82, 2.24) is 4.98 Å². The quantitative estimate of drug-likeness (QED) is 0.635. The molecular formula is C13H9Cl3FN3O. The standard InChI is InChI=1S/C13H9Cl3FN3O/c1-18-11-3-6(2-10(16)20-11)13(21)19-7-4-8(14)12(17)9(15)5-7/h2-5H,1H3,(H,18,20)(H,19,21). The van der Waals surface area contributed by atoms with E-state index in [4.69, 9.17) is 34.8 Å². The highest BCUT2D eigenvalue weighted by Crippen LogP contribution is 2.27. The fraction of sp³-hybridized carbons (Fsp3) is 0.0769. The highest BCUT2D eigenvalue weighted by Gasteiger charge is 2.12. The molecule has 110 valence electrons. The summed E-state index contributed by atoms with van der Waals surface area (Å²) in [5.41, 5.74) is 0.561. The van der Waals surface area contributed by atoms with Crippen molar-refractivity contribution in [2.45, 2.75) is 0 Å².